The van der Waals surface area contributed by atoms with Gasteiger partial charge in [0.25, 0.3) is 0 Å². The van der Waals surface area contributed by atoms with Gasteiger partial charge in [-0.1, -0.05) is 0 Å². The monoisotopic (exact) mass is 281 g/mol. The van der Waals surface area contributed by atoms with E-state index in [1.807, 2.05) is 19.9 Å². The second-order valence-corrected chi connectivity index (χ2v) is 6.88. The van der Waals surface area contributed by atoms with Gasteiger partial charge in [0, 0.05) is 19.3 Å². The van der Waals surface area contributed by atoms with Crippen molar-refractivity contribution in [2.24, 2.45) is 0 Å². The normalized spacial score (nSPS) is 19.8. The molecule has 0 saturated carbocycles. The van der Waals surface area contributed by atoms with Gasteiger partial charge >= 0.3 is 0 Å². The molecule has 102 valence electrons. The van der Waals surface area contributed by atoms with Crippen LogP contribution in [0.2, 0.25) is 0 Å². The first-order valence-corrected chi connectivity index (χ1v) is 7.29. The van der Waals surface area contributed by atoms with E-state index in [2.05, 4.69) is 4.98 Å². The zero-order valence-electron chi connectivity index (χ0n) is 10.8. The highest BCUT2D eigenvalue weighted by molar-refractivity contribution is 7.89. The number of rotatable bonds is 2. The summed E-state index contributed by atoms with van der Waals surface area (Å²) in [6, 6.07) is 4.67. The van der Waals surface area contributed by atoms with Crippen LogP contribution < -0.4 is 0 Å². The van der Waals surface area contributed by atoms with Gasteiger partial charge in [0.05, 0.1) is 12.2 Å². The van der Waals surface area contributed by atoms with Crippen LogP contribution in [0.3, 0.4) is 0 Å². The number of nitrogens with zero attached hydrogens (tertiary/aromatic N) is 3. The van der Waals surface area contributed by atoms with Crippen LogP contribution in [0.15, 0.2) is 23.2 Å². The summed E-state index contributed by atoms with van der Waals surface area (Å²) >= 11 is 0. The lowest BCUT2D eigenvalue weighted by molar-refractivity contribution is -0.0640. The molecule has 7 heteroatoms. The maximum Gasteiger partial charge on any atom is 0.244 e. The lowest BCUT2D eigenvalue weighted by atomic mass is 10.1. The average Bonchev–Trinajstić information content (AvgIpc) is 2.37. The number of ether oxygens (including phenoxy) is 1. The Morgan fingerprint density at radius 2 is 2.21 bits per heavy atom. The van der Waals surface area contributed by atoms with Gasteiger partial charge in [0.15, 0.2) is 0 Å². The van der Waals surface area contributed by atoms with Crippen molar-refractivity contribution in [2.75, 3.05) is 19.7 Å². The van der Waals surface area contributed by atoms with Crippen molar-refractivity contribution in [3.05, 3.63) is 24.0 Å². The summed E-state index contributed by atoms with van der Waals surface area (Å²) in [5.41, 5.74) is -0.299. The Kier molecular flexibility index (Phi) is 3.58. The zero-order chi connectivity index (χ0) is 14.1. The van der Waals surface area contributed by atoms with Gasteiger partial charge in [-0.2, -0.15) is 9.57 Å². The van der Waals surface area contributed by atoms with Crippen molar-refractivity contribution >= 4 is 10.0 Å². The van der Waals surface area contributed by atoms with Crippen LogP contribution in [0.25, 0.3) is 0 Å². The molecule has 1 fully saturated rings. The second kappa shape index (κ2) is 4.89. The largest absolute Gasteiger partial charge is 0.373 e. The number of hydrogen-bond donors (Lipinski definition) is 0. The highest BCUT2D eigenvalue weighted by Gasteiger charge is 2.34. The molecule has 19 heavy (non-hydrogen) atoms. The Morgan fingerprint density at radius 3 is 2.74 bits per heavy atom. The Morgan fingerprint density at radius 1 is 1.47 bits per heavy atom. The van der Waals surface area contributed by atoms with Crippen LogP contribution in [0.5, 0.6) is 0 Å². The molecule has 0 aromatic carbocycles. The van der Waals surface area contributed by atoms with Gasteiger partial charge in [-0.25, -0.2) is 13.4 Å². The summed E-state index contributed by atoms with van der Waals surface area (Å²) < 4.78 is 31.7. The van der Waals surface area contributed by atoms with Crippen LogP contribution in [0.1, 0.15) is 19.5 Å². The SMILES string of the molecule is CC1(C)CN(S(=O)(=O)c2ccc(C#N)nc2)CCO1. The molecule has 1 aromatic rings. The summed E-state index contributed by atoms with van der Waals surface area (Å²) in [6.07, 6.45) is 1.22. The number of hydrogen-bond acceptors (Lipinski definition) is 5. The molecule has 0 atom stereocenters. The van der Waals surface area contributed by atoms with Gasteiger partial charge < -0.3 is 4.74 Å². The Hall–Kier alpha value is -1.49. The first-order chi connectivity index (χ1) is 8.85. The van der Waals surface area contributed by atoms with Crippen molar-refractivity contribution < 1.29 is 13.2 Å². The first-order valence-electron chi connectivity index (χ1n) is 5.85. The van der Waals surface area contributed by atoms with Crippen LogP contribution in [0, 0.1) is 11.3 Å². The molecule has 0 amide bonds. The zero-order valence-corrected chi connectivity index (χ0v) is 11.6. The highest BCUT2D eigenvalue weighted by Crippen LogP contribution is 2.23. The van der Waals surface area contributed by atoms with Gasteiger partial charge in [-0.15, -0.1) is 0 Å². The molecular weight excluding hydrogens is 266 g/mol. The molecular formula is C12H15N3O3S. The van der Waals surface area contributed by atoms with E-state index in [1.165, 1.54) is 22.6 Å². The van der Waals surface area contributed by atoms with E-state index in [-0.39, 0.29) is 10.6 Å². The van der Waals surface area contributed by atoms with Crippen molar-refractivity contribution in [2.45, 2.75) is 24.3 Å². The lowest BCUT2D eigenvalue weighted by Crippen LogP contribution is -2.50. The lowest BCUT2D eigenvalue weighted by Gasteiger charge is -2.37. The molecule has 2 heterocycles. The van der Waals surface area contributed by atoms with Crippen LogP contribution in [-0.2, 0) is 14.8 Å². The summed E-state index contributed by atoms with van der Waals surface area (Å²) in [4.78, 5) is 3.90. The first kappa shape index (κ1) is 13.9. The molecule has 1 aliphatic rings. The van der Waals surface area contributed by atoms with E-state index in [9.17, 15) is 8.42 Å². The number of sulfonamides is 1. The average molecular weight is 281 g/mol. The van der Waals surface area contributed by atoms with Crippen molar-refractivity contribution in [3.63, 3.8) is 0 Å². The van der Waals surface area contributed by atoms with Gasteiger partial charge in [-0.3, -0.25) is 0 Å². The van der Waals surface area contributed by atoms with E-state index in [1.54, 1.807) is 0 Å². The standard InChI is InChI=1S/C12H15N3O3S/c1-12(2)9-15(5-6-18-12)19(16,17)11-4-3-10(7-13)14-8-11/h3-4,8H,5-6,9H2,1-2H3. The smallest absolute Gasteiger partial charge is 0.244 e. The molecule has 0 bridgehead atoms. The Bertz CT molecular complexity index is 602. The minimum atomic E-state index is -3.58. The summed E-state index contributed by atoms with van der Waals surface area (Å²) in [7, 11) is -3.58. The predicted molar refractivity (Wildman–Crippen MR) is 67.7 cm³/mol. The van der Waals surface area contributed by atoms with Crippen molar-refractivity contribution in [3.8, 4) is 6.07 Å². The molecule has 2 rings (SSSR count). The molecule has 1 saturated heterocycles. The van der Waals surface area contributed by atoms with Gasteiger partial charge in [0.2, 0.25) is 10.0 Å². The number of pyridine rings is 1. The van der Waals surface area contributed by atoms with E-state index in [4.69, 9.17) is 10.00 Å². The fourth-order valence-corrected chi connectivity index (χ4v) is 3.45. The molecule has 0 N–H and O–H groups in total. The fraction of sp³-hybridized carbons (Fsp3) is 0.500. The second-order valence-electron chi connectivity index (χ2n) is 4.94. The predicted octanol–water partition coefficient (Wildman–Crippen LogP) is 0.753. The van der Waals surface area contributed by atoms with Crippen molar-refractivity contribution in [1.29, 1.82) is 5.26 Å². The minimum absolute atomic E-state index is 0.101. The van der Waals surface area contributed by atoms with Gasteiger partial charge in [0.1, 0.15) is 16.7 Å². The Labute approximate surface area is 112 Å². The molecule has 1 aromatic heterocycles. The minimum Gasteiger partial charge on any atom is -0.373 e. The highest BCUT2D eigenvalue weighted by atomic mass is 32.2. The van der Waals surface area contributed by atoms with E-state index in [0.717, 1.165) is 0 Å². The fourth-order valence-electron chi connectivity index (χ4n) is 1.93. The van der Waals surface area contributed by atoms with E-state index in [0.29, 0.717) is 19.7 Å². The number of nitriles is 1. The van der Waals surface area contributed by atoms with E-state index >= 15 is 0 Å². The molecule has 6 nitrogen and oxygen atoms in total. The topological polar surface area (TPSA) is 83.3 Å². The van der Waals surface area contributed by atoms with E-state index < -0.39 is 15.6 Å². The summed E-state index contributed by atoms with van der Waals surface area (Å²) in [5.74, 6) is 0. The van der Waals surface area contributed by atoms with Crippen LogP contribution >= 0.6 is 0 Å². The third kappa shape index (κ3) is 2.92. The van der Waals surface area contributed by atoms with Crippen LogP contribution in [-0.4, -0.2) is 43.0 Å². The summed E-state index contributed by atoms with van der Waals surface area (Å²) in [6.45, 7) is 4.70. The molecule has 0 aliphatic carbocycles. The quantitative estimate of drug-likeness (QED) is 0.799. The number of aromatic nitrogens is 1. The molecule has 0 spiro atoms. The number of morpholine rings is 1. The molecule has 1 aliphatic heterocycles. The molecule has 0 radical (unpaired) electrons. The summed E-state index contributed by atoms with van der Waals surface area (Å²) in [5, 5.41) is 8.66. The molecule has 0 unspecified atom stereocenters. The Balaban J connectivity index is 2.29. The third-order valence-corrected chi connectivity index (χ3v) is 4.71. The maximum atomic E-state index is 12.4. The van der Waals surface area contributed by atoms with Crippen molar-refractivity contribution in [1.82, 2.24) is 9.29 Å². The maximum absolute atomic E-state index is 12.4. The van der Waals surface area contributed by atoms with Gasteiger partial charge in [-0.05, 0) is 26.0 Å². The van der Waals surface area contributed by atoms with Crippen LogP contribution in [0.4, 0.5) is 0 Å². The third-order valence-electron chi connectivity index (χ3n) is 2.88.